The van der Waals surface area contributed by atoms with Gasteiger partial charge in [0, 0.05) is 61.1 Å². The molecule has 1 saturated heterocycles. The zero-order valence-electron chi connectivity index (χ0n) is 22.7. The van der Waals surface area contributed by atoms with Gasteiger partial charge in [-0.3, -0.25) is 9.59 Å². The lowest BCUT2D eigenvalue weighted by Gasteiger charge is -2.34. The number of benzene rings is 1. The number of fused-ring (bicyclic) bond motifs is 2. The Hall–Kier alpha value is -4.48. The summed E-state index contributed by atoms with van der Waals surface area (Å²) in [6, 6.07) is 11.6. The van der Waals surface area contributed by atoms with Crippen LogP contribution in [0.15, 0.2) is 71.0 Å². The van der Waals surface area contributed by atoms with Gasteiger partial charge < -0.3 is 20.1 Å². The van der Waals surface area contributed by atoms with E-state index in [2.05, 4.69) is 55.8 Å². The molecule has 210 valence electrons. The lowest BCUT2D eigenvalue weighted by molar-refractivity contribution is 0.313. The van der Waals surface area contributed by atoms with Crippen LogP contribution in [0.25, 0.3) is 27.8 Å². The van der Waals surface area contributed by atoms with Crippen molar-refractivity contribution in [3.63, 3.8) is 0 Å². The van der Waals surface area contributed by atoms with Crippen LogP contribution in [0, 0.1) is 0 Å². The Balaban J connectivity index is 1.39. The number of hydrogen-bond acceptors (Lipinski definition) is 8. The zero-order chi connectivity index (χ0) is 28.5. The van der Waals surface area contributed by atoms with Gasteiger partial charge in [-0.15, -0.1) is 18.2 Å². The number of likely N-dealkylation sites (N-methyl/N-ethyl adjacent to an activating group) is 1. The predicted octanol–water partition coefficient (Wildman–Crippen LogP) is 3.28. The van der Waals surface area contributed by atoms with Crippen LogP contribution in [0.1, 0.15) is 5.56 Å². The van der Waals surface area contributed by atoms with E-state index in [1.807, 2.05) is 18.2 Å². The quantitative estimate of drug-likeness (QED) is 0.215. The summed E-state index contributed by atoms with van der Waals surface area (Å²) in [4.78, 5) is 46.6. The van der Waals surface area contributed by atoms with E-state index < -0.39 is 0 Å². The molecule has 1 aliphatic heterocycles. The molecule has 0 spiro atoms. The second kappa shape index (κ2) is 11.2. The molecule has 12 heteroatoms. The largest absolute Gasteiger partial charge is 0.369 e. The van der Waals surface area contributed by atoms with Crippen LogP contribution in [0.3, 0.4) is 0 Å². The molecule has 0 radical (unpaired) electrons. The van der Waals surface area contributed by atoms with Crippen molar-refractivity contribution < 1.29 is 0 Å². The molecule has 6 rings (SSSR count). The molecule has 0 amide bonds. The minimum Gasteiger partial charge on any atom is -0.369 e. The number of aryl methyl sites for hydroxylation is 1. The molecule has 0 saturated carbocycles. The second-order valence-corrected chi connectivity index (χ2v) is 10.4. The normalized spacial score (nSPS) is 14.1. The number of aromatic amines is 1. The monoisotopic (exact) mass is 571 g/mol. The Morgan fingerprint density at radius 2 is 1.80 bits per heavy atom. The standard InChI is InChI=1S/C29H30ClN9O2/c1-3-10-38-28(41)24-18-32-29(33-20-4-6-21(7-5-20)37-13-11-36(2)12-14-37)35-27(24)39(38)22-16-23-19(8-9-30)15-25(40)34-26(23)31-17-22/h3-7,15-18H,1,8-14H2,2H3,(H,31,34,40)(H,32,33,35). The summed E-state index contributed by atoms with van der Waals surface area (Å²) in [6.07, 6.45) is 5.29. The van der Waals surface area contributed by atoms with E-state index in [0.29, 0.717) is 40.6 Å². The van der Waals surface area contributed by atoms with Crippen LogP contribution < -0.4 is 21.3 Å². The Labute approximate surface area is 240 Å². The van der Waals surface area contributed by atoms with Gasteiger partial charge in [-0.2, -0.15) is 4.98 Å². The first kappa shape index (κ1) is 26.7. The van der Waals surface area contributed by atoms with E-state index >= 15 is 0 Å². The number of nitrogens with zero attached hydrogens (tertiary/aromatic N) is 7. The molecular formula is C29H30ClN9O2. The molecule has 1 fully saturated rings. The molecule has 0 atom stereocenters. The highest BCUT2D eigenvalue weighted by atomic mass is 35.5. The smallest absolute Gasteiger partial charge is 0.278 e. The van der Waals surface area contributed by atoms with Gasteiger partial charge in [0.15, 0.2) is 5.65 Å². The highest BCUT2D eigenvalue weighted by Crippen LogP contribution is 2.24. The van der Waals surface area contributed by atoms with Crippen LogP contribution in [-0.4, -0.2) is 73.3 Å². The molecule has 2 N–H and O–H groups in total. The number of allylic oxidation sites excluding steroid dienone is 1. The van der Waals surface area contributed by atoms with E-state index in [4.69, 9.17) is 16.6 Å². The molecule has 41 heavy (non-hydrogen) atoms. The van der Waals surface area contributed by atoms with Crippen molar-refractivity contribution in [3.05, 3.63) is 87.7 Å². The van der Waals surface area contributed by atoms with Crippen LogP contribution >= 0.6 is 11.6 Å². The third-order valence-corrected chi connectivity index (χ3v) is 7.53. The number of piperazine rings is 1. The lowest BCUT2D eigenvalue weighted by atomic mass is 10.1. The average molecular weight is 572 g/mol. The van der Waals surface area contributed by atoms with Gasteiger partial charge in [0.05, 0.1) is 18.4 Å². The van der Waals surface area contributed by atoms with Gasteiger partial charge >= 0.3 is 0 Å². The summed E-state index contributed by atoms with van der Waals surface area (Å²) >= 11 is 6.01. The van der Waals surface area contributed by atoms with Gasteiger partial charge in [0.25, 0.3) is 5.56 Å². The highest BCUT2D eigenvalue weighted by Gasteiger charge is 2.19. The van der Waals surface area contributed by atoms with Crippen LogP contribution in [0.5, 0.6) is 0 Å². The van der Waals surface area contributed by atoms with Gasteiger partial charge in [0.2, 0.25) is 11.5 Å². The molecule has 5 aromatic rings. The summed E-state index contributed by atoms with van der Waals surface area (Å²) < 4.78 is 3.25. The fourth-order valence-corrected chi connectivity index (χ4v) is 5.40. The number of nitrogens with one attached hydrogen (secondary N) is 2. The van der Waals surface area contributed by atoms with Crippen molar-refractivity contribution in [1.82, 2.24) is 34.2 Å². The van der Waals surface area contributed by atoms with Gasteiger partial charge in [-0.05, 0) is 49.4 Å². The number of rotatable bonds is 8. The Morgan fingerprint density at radius 3 is 2.54 bits per heavy atom. The number of anilines is 3. The van der Waals surface area contributed by atoms with Crippen molar-refractivity contribution >= 4 is 51.0 Å². The molecule has 11 nitrogen and oxygen atoms in total. The lowest BCUT2D eigenvalue weighted by Crippen LogP contribution is -2.44. The van der Waals surface area contributed by atoms with Crippen LogP contribution in [-0.2, 0) is 13.0 Å². The fourth-order valence-electron chi connectivity index (χ4n) is 5.20. The number of aromatic nitrogens is 6. The Bertz CT molecular complexity index is 1850. The highest BCUT2D eigenvalue weighted by molar-refractivity contribution is 6.18. The van der Waals surface area contributed by atoms with Crippen molar-refractivity contribution in [2.75, 3.05) is 49.3 Å². The van der Waals surface area contributed by atoms with E-state index in [1.54, 1.807) is 17.0 Å². The average Bonchev–Trinajstić information content (AvgIpc) is 3.24. The zero-order valence-corrected chi connectivity index (χ0v) is 23.4. The third kappa shape index (κ3) is 5.21. The van der Waals surface area contributed by atoms with Crippen molar-refractivity contribution in [3.8, 4) is 5.69 Å². The number of pyridine rings is 2. The first-order valence-electron chi connectivity index (χ1n) is 13.4. The maximum absolute atomic E-state index is 13.4. The van der Waals surface area contributed by atoms with Crippen LogP contribution in [0.2, 0.25) is 0 Å². The summed E-state index contributed by atoms with van der Waals surface area (Å²) in [7, 11) is 2.14. The molecule has 1 aliphatic rings. The summed E-state index contributed by atoms with van der Waals surface area (Å²) in [6.45, 7) is 8.15. The Kier molecular flexibility index (Phi) is 7.29. The van der Waals surface area contributed by atoms with Crippen molar-refractivity contribution in [1.29, 1.82) is 0 Å². The van der Waals surface area contributed by atoms with E-state index in [9.17, 15) is 9.59 Å². The first-order valence-corrected chi connectivity index (χ1v) is 14.0. The van der Waals surface area contributed by atoms with Crippen LogP contribution in [0.4, 0.5) is 17.3 Å². The maximum atomic E-state index is 13.4. The first-order chi connectivity index (χ1) is 19.9. The molecule has 0 aliphatic carbocycles. The summed E-state index contributed by atoms with van der Waals surface area (Å²) in [5.74, 6) is 0.713. The topological polar surface area (TPSA) is 117 Å². The van der Waals surface area contributed by atoms with Gasteiger partial charge in [0.1, 0.15) is 11.0 Å². The minimum atomic E-state index is -0.245. The SMILES string of the molecule is C=CCn1c(=O)c2cnc(Nc3ccc(N4CCN(C)CC4)cc3)nc2n1-c1cnc2[nH]c(=O)cc(CCCl)c2c1. The van der Waals surface area contributed by atoms with Gasteiger partial charge in [-0.1, -0.05) is 6.08 Å². The molecule has 5 heterocycles. The number of hydrogen-bond donors (Lipinski definition) is 2. The molecule has 0 unspecified atom stereocenters. The molecular weight excluding hydrogens is 542 g/mol. The summed E-state index contributed by atoms with van der Waals surface area (Å²) in [5.41, 5.74) is 3.78. The number of alkyl halides is 1. The fraction of sp³-hybridized carbons (Fsp3) is 0.276. The van der Waals surface area contributed by atoms with Gasteiger partial charge in [-0.25, -0.2) is 19.3 Å². The van der Waals surface area contributed by atoms with Crippen molar-refractivity contribution in [2.24, 2.45) is 0 Å². The Morgan fingerprint density at radius 1 is 1.02 bits per heavy atom. The molecule has 4 aromatic heterocycles. The number of H-pyrrole nitrogens is 1. The van der Waals surface area contributed by atoms with Crippen molar-refractivity contribution in [2.45, 2.75) is 13.0 Å². The second-order valence-electron chi connectivity index (χ2n) is 10.1. The minimum absolute atomic E-state index is 0.243. The molecule has 0 bridgehead atoms. The number of halogens is 1. The third-order valence-electron chi connectivity index (χ3n) is 7.34. The molecule has 1 aromatic carbocycles. The van der Waals surface area contributed by atoms with E-state index in [1.165, 1.54) is 22.6 Å². The van der Waals surface area contributed by atoms with E-state index in [0.717, 1.165) is 42.8 Å². The predicted molar refractivity (Wildman–Crippen MR) is 163 cm³/mol. The summed E-state index contributed by atoms with van der Waals surface area (Å²) in [5, 5.41) is 4.38. The maximum Gasteiger partial charge on any atom is 0.278 e. The van der Waals surface area contributed by atoms with E-state index in [-0.39, 0.29) is 17.7 Å².